The van der Waals surface area contributed by atoms with Crippen molar-refractivity contribution in [2.75, 3.05) is 0 Å². The average molecular weight is 382 g/mol. The van der Waals surface area contributed by atoms with Crippen molar-refractivity contribution in [1.29, 1.82) is 0 Å². The molecule has 0 radical (unpaired) electrons. The molecule has 4 aliphatic carbocycles. The van der Waals surface area contributed by atoms with Gasteiger partial charge in [0, 0.05) is 17.8 Å². The smallest absolute Gasteiger partial charge is 0.125 e. The van der Waals surface area contributed by atoms with Gasteiger partial charge in [0.15, 0.2) is 0 Å². The molecule has 0 aromatic heterocycles. The Bertz CT molecular complexity index is 663. The third-order valence-electron chi connectivity index (χ3n) is 9.11. The third-order valence-corrected chi connectivity index (χ3v) is 9.11. The average Bonchev–Trinajstić information content (AvgIpc) is 2.79. The lowest BCUT2D eigenvalue weighted by atomic mass is 9.55. The molecule has 0 saturated heterocycles. The molecular formula is C21H34O6. The predicted octanol–water partition coefficient (Wildman–Crippen LogP) is 0.478. The largest absolute Gasteiger partial charge is 0.393 e. The van der Waals surface area contributed by atoms with E-state index in [2.05, 4.69) is 13.0 Å². The van der Waals surface area contributed by atoms with E-state index in [0.29, 0.717) is 25.7 Å². The van der Waals surface area contributed by atoms with Crippen molar-refractivity contribution in [2.45, 2.75) is 94.4 Å². The normalized spacial score (nSPS) is 58.7. The van der Waals surface area contributed by atoms with Crippen LogP contribution in [0.2, 0.25) is 0 Å². The maximum atomic E-state index is 11.7. The monoisotopic (exact) mass is 382 g/mol. The molecule has 0 aromatic carbocycles. The fourth-order valence-electron chi connectivity index (χ4n) is 7.24. The van der Waals surface area contributed by atoms with Gasteiger partial charge in [-0.05, 0) is 50.9 Å². The van der Waals surface area contributed by atoms with Crippen LogP contribution in [0.1, 0.15) is 59.3 Å². The molecule has 27 heavy (non-hydrogen) atoms. The highest BCUT2D eigenvalue weighted by Crippen LogP contribution is 2.67. The number of aliphatic hydroxyl groups excluding tert-OH is 3. The molecule has 0 aliphatic heterocycles. The van der Waals surface area contributed by atoms with Gasteiger partial charge >= 0.3 is 0 Å². The lowest BCUT2D eigenvalue weighted by Crippen LogP contribution is -2.72. The molecule has 0 spiro atoms. The van der Waals surface area contributed by atoms with Gasteiger partial charge in [0.25, 0.3) is 0 Å². The molecular weight excluding hydrogens is 348 g/mol. The van der Waals surface area contributed by atoms with Crippen molar-refractivity contribution < 1.29 is 30.6 Å². The van der Waals surface area contributed by atoms with Crippen LogP contribution in [0, 0.1) is 23.2 Å². The lowest BCUT2D eigenvalue weighted by Gasteiger charge is -2.56. The Hall–Kier alpha value is -0.500. The molecule has 6 heteroatoms. The van der Waals surface area contributed by atoms with Gasteiger partial charge in [0.2, 0.25) is 0 Å². The molecule has 0 amide bonds. The number of fused-ring (bicyclic) bond motifs is 5. The summed E-state index contributed by atoms with van der Waals surface area (Å²) in [6.07, 6.45) is 2.15. The van der Waals surface area contributed by atoms with E-state index < -0.39 is 40.3 Å². The zero-order chi connectivity index (χ0) is 20.0. The topological polar surface area (TPSA) is 121 Å². The van der Waals surface area contributed by atoms with Gasteiger partial charge in [0.1, 0.15) is 5.60 Å². The minimum absolute atomic E-state index is 0.134. The molecule has 6 nitrogen and oxygen atoms in total. The standard InChI is InChI=1S/C21H34O6/c1-11-19(25,12(2)22)8-9-20(26)15-5-4-13-10-14(23)6-7-18(13,3)16(15)17(24)21(11,20)27/h4,11-12,14-17,22-27H,5-10H2,1-3H3. The first kappa shape index (κ1) is 19.8. The van der Waals surface area contributed by atoms with E-state index in [1.165, 1.54) is 6.92 Å². The highest BCUT2D eigenvalue weighted by atomic mass is 16.4. The number of hydrogen-bond donors (Lipinski definition) is 6. The van der Waals surface area contributed by atoms with Crippen molar-refractivity contribution in [2.24, 2.45) is 23.2 Å². The second kappa shape index (κ2) is 5.77. The fourth-order valence-corrected chi connectivity index (χ4v) is 7.24. The summed E-state index contributed by atoms with van der Waals surface area (Å²) >= 11 is 0. The van der Waals surface area contributed by atoms with E-state index in [0.717, 1.165) is 5.57 Å². The van der Waals surface area contributed by atoms with Gasteiger partial charge in [-0.3, -0.25) is 0 Å². The number of allylic oxidation sites excluding steroid dienone is 1. The summed E-state index contributed by atoms with van der Waals surface area (Å²) in [5, 5.41) is 66.1. The molecule has 0 bridgehead atoms. The summed E-state index contributed by atoms with van der Waals surface area (Å²) < 4.78 is 0. The van der Waals surface area contributed by atoms with Crippen LogP contribution < -0.4 is 0 Å². The quantitative estimate of drug-likeness (QED) is 0.367. The molecule has 4 aliphatic rings. The van der Waals surface area contributed by atoms with Crippen molar-refractivity contribution in [1.82, 2.24) is 0 Å². The maximum absolute atomic E-state index is 11.7. The highest BCUT2D eigenvalue weighted by molar-refractivity contribution is 5.34. The summed E-state index contributed by atoms with van der Waals surface area (Å²) in [6.45, 7) is 5.18. The van der Waals surface area contributed by atoms with Crippen LogP contribution in [0.15, 0.2) is 11.6 Å². The second-order valence-corrected chi connectivity index (χ2v) is 9.99. The van der Waals surface area contributed by atoms with E-state index >= 15 is 0 Å². The van der Waals surface area contributed by atoms with Crippen LogP contribution in [-0.4, -0.2) is 65.8 Å². The molecule has 0 aromatic rings. The van der Waals surface area contributed by atoms with E-state index in [-0.39, 0.29) is 30.8 Å². The molecule has 6 N–H and O–H groups in total. The maximum Gasteiger partial charge on any atom is 0.125 e. The summed E-state index contributed by atoms with van der Waals surface area (Å²) in [5.74, 6) is -1.55. The Labute approximate surface area is 160 Å². The third kappa shape index (κ3) is 2.17. The van der Waals surface area contributed by atoms with E-state index in [4.69, 9.17) is 0 Å². The summed E-state index contributed by atoms with van der Waals surface area (Å²) in [4.78, 5) is 0. The molecule has 4 rings (SSSR count). The van der Waals surface area contributed by atoms with Crippen molar-refractivity contribution in [3.8, 4) is 0 Å². The number of aliphatic hydroxyl groups is 6. The Balaban J connectivity index is 1.81. The van der Waals surface area contributed by atoms with E-state index in [1.807, 2.05) is 0 Å². The van der Waals surface area contributed by atoms with E-state index in [1.54, 1.807) is 6.92 Å². The van der Waals surface area contributed by atoms with Crippen LogP contribution in [0.3, 0.4) is 0 Å². The van der Waals surface area contributed by atoms with Crippen molar-refractivity contribution >= 4 is 0 Å². The van der Waals surface area contributed by atoms with Gasteiger partial charge in [-0.25, -0.2) is 0 Å². The molecule has 10 atom stereocenters. The van der Waals surface area contributed by atoms with Crippen LogP contribution in [0.5, 0.6) is 0 Å². The van der Waals surface area contributed by atoms with Gasteiger partial charge in [-0.1, -0.05) is 25.5 Å². The molecule has 3 saturated carbocycles. The fraction of sp³-hybridized carbons (Fsp3) is 0.905. The predicted molar refractivity (Wildman–Crippen MR) is 98.6 cm³/mol. The summed E-state index contributed by atoms with van der Waals surface area (Å²) in [7, 11) is 0. The van der Waals surface area contributed by atoms with Crippen molar-refractivity contribution in [3.63, 3.8) is 0 Å². The van der Waals surface area contributed by atoms with Crippen LogP contribution in [-0.2, 0) is 0 Å². The molecule has 3 fully saturated rings. The van der Waals surface area contributed by atoms with E-state index in [9.17, 15) is 30.6 Å². The Morgan fingerprint density at radius 3 is 2.41 bits per heavy atom. The van der Waals surface area contributed by atoms with Crippen LogP contribution in [0.4, 0.5) is 0 Å². The molecule has 10 unspecified atom stereocenters. The minimum Gasteiger partial charge on any atom is -0.393 e. The summed E-state index contributed by atoms with van der Waals surface area (Å²) in [5.41, 5.74) is -4.26. The van der Waals surface area contributed by atoms with Gasteiger partial charge in [-0.2, -0.15) is 0 Å². The summed E-state index contributed by atoms with van der Waals surface area (Å²) in [6, 6.07) is 0. The van der Waals surface area contributed by atoms with Crippen molar-refractivity contribution in [3.05, 3.63) is 11.6 Å². The Morgan fingerprint density at radius 1 is 1.11 bits per heavy atom. The first-order valence-electron chi connectivity index (χ1n) is 10.3. The number of hydrogen-bond acceptors (Lipinski definition) is 6. The zero-order valence-corrected chi connectivity index (χ0v) is 16.5. The second-order valence-electron chi connectivity index (χ2n) is 9.99. The Morgan fingerprint density at radius 2 is 1.78 bits per heavy atom. The Kier molecular flexibility index (Phi) is 4.23. The SMILES string of the molecule is CC(O)C1(O)CCC2(O)C3CC=C4CC(O)CCC4(C)C3C(O)C2(O)C1C. The van der Waals surface area contributed by atoms with Gasteiger partial charge in [0.05, 0.1) is 29.5 Å². The highest BCUT2D eigenvalue weighted by Gasteiger charge is 2.77. The first-order valence-corrected chi connectivity index (χ1v) is 10.3. The zero-order valence-electron chi connectivity index (χ0n) is 16.5. The molecule has 154 valence electrons. The van der Waals surface area contributed by atoms with Crippen LogP contribution in [0.25, 0.3) is 0 Å². The lowest BCUT2D eigenvalue weighted by molar-refractivity contribution is -0.283. The number of rotatable bonds is 1. The van der Waals surface area contributed by atoms with Crippen LogP contribution >= 0.6 is 0 Å². The molecule has 0 heterocycles. The first-order chi connectivity index (χ1) is 12.4. The minimum atomic E-state index is -1.89. The van der Waals surface area contributed by atoms with Gasteiger partial charge in [-0.15, -0.1) is 0 Å². The van der Waals surface area contributed by atoms with Gasteiger partial charge < -0.3 is 30.6 Å².